The number of urea groups is 1. The number of carbonyl (C=O) groups excluding carboxylic acids is 2. The molecule has 1 aromatic carbocycles. The van der Waals surface area contributed by atoms with Crippen molar-refractivity contribution in [1.29, 1.82) is 0 Å². The Morgan fingerprint density at radius 3 is 2.56 bits per heavy atom. The Morgan fingerprint density at radius 2 is 1.96 bits per heavy atom. The Bertz CT molecular complexity index is 598. The summed E-state index contributed by atoms with van der Waals surface area (Å²) in [5.74, 6) is -0.0114. The van der Waals surface area contributed by atoms with Crippen molar-refractivity contribution in [1.82, 2.24) is 4.90 Å². The second-order valence-corrected chi connectivity index (χ2v) is 6.38. The Morgan fingerprint density at radius 1 is 1.24 bits per heavy atom. The average Bonchev–Trinajstić information content (AvgIpc) is 3.09. The number of hydrogen-bond donors (Lipinski definition) is 2. The molecule has 2 rings (SSSR count). The SMILES string of the molecule is CCCC(=O)Nc1cccc(NC(=O)N(CC)C[C@H]2CCCO2)c1C. The van der Waals surface area contributed by atoms with Crippen molar-refractivity contribution in [2.75, 3.05) is 30.3 Å². The van der Waals surface area contributed by atoms with Crippen molar-refractivity contribution in [3.63, 3.8) is 0 Å². The molecule has 1 aliphatic rings. The lowest BCUT2D eigenvalue weighted by Gasteiger charge is -2.25. The smallest absolute Gasteiger partial charge is 0.321 e. The largest absolute Gasteiger partial charge is 0.376 e. The number of likely N-dealkylation sites (N-methyl/N-ethyl adjacent to an activating group) is 1. The van der Waals surface area contributed by atoms with Gasteiger partial charge in [-0.3, -0.25) is 4.79 Å². The molecule has 6 heteroatoms. The van der Waals surface area contributed by atoms with E-state index in [2.05, 4.69) is 10.6 Å². The summed E-state index contributed by atoms with van der Waals surface area (Å²) in [6.45, 7) is 7.83. The number of anilines is 2. The number of rotatable bonds is 7. The summed E-state index contributed by atoms with van der Waals surface area (Å²) in [6.07, 6.45) is 3.48. The highest BCUT2D eigenvalue weighted by Crippen LogP contribution is 2.24. The number of carbonyl (C=O) groups is 2. The van der Waals surface area contributed by atoms with Crippen LogP contribution < -0.4 is 10.6 Å². The standard InChI is InChI=1S/C19H29N3O3/c1-4-8-18(23)20-16-10-6-11-17(14(16)3)21-19(24)22(5-2)13-15-9-7-12-25-15/h6,10-11,15H,4-5,7-9,12-13H2,1-3H3,(H,20,23)(H,21,24)/t15-/m1/s1. The van der Waals surface area contributed by atoms with Crippen molar-refractivity contribution in [2.45, 2.75) is 52.6 Å². The van der Waals surface area contributed by atoms with Crippen LogP contribution in [0.3, 0.4) is 0 Å². The molecule has 0 radical (unpaired) electrons. The maximum Gasteiger partial charge on any atom is 0.321 e. The van der Waals surface area contributed by atoms with Crippen LogP contribution in [0, 0.1) is 6.92 Å². The summed E-state index contributed by atoms with van der Waals surface area (Å²) in [6, 6.07) is 5.39. The van der Waals surface area contributed by atoms with E-state index >= 15 is 0 Å². The third-order valence-electron chi connectivity index (χ3n) is 4.44. The molecule has 1 aliphatic heterocycles. The maximum atomic E-state index is 12.6. The van der Waals surface area contributed by atoms with Gasteiger partial charge in [-0.15, -0.1) is 0 Å². The molecule has 1 atom stereocenters. The molecule has 6 nitrogen and oxygen atoms in total. The van der Waals surface area contributed by atoms with Gasteiger partial charge in [-0.05, 0) is 50.8 Å². The lowest BCUT2D eigenvalue weighted by atomic mass is 10.1. The van der Waals surface area contributed by atoms with Crippen LogP contribution in [-0.2, 0) is 9.53 Å². The van der Waals surface area contributed by atoms with Crippen LogP contribution in [0.2, 0.25) is 0 Å². The first-order chi connectivity index (χ1) is 12.0. The van der Waals surface area contributed by atoms with Crippen molar-refractivity contribution >= 4 is 23.3 Å². The molecule has 2 N–H and O–H groups in total. The first kappa shape index (κ1) is 19.2. The van der Waals surface area contributed by atoms with Crippen LogP contribution in [-0.4, -0.2) is 42.6 Å². The van der Waals surface area contributed by atoms with Crippen LogP contribution in [0.4, 0.5) is 16.2 Å². The highest BCUT2D eigenvalue weighted by molar-refractivity contribution is 5.95. The molecule has 0 saturated carbocycles. The van der Waals surface area contributed by atoms with E-state index in [0.29, 0.717) is 25.2 Å². The minimum atomic E-state index is -0.141. The van der Waals surface area contributed by atoms with Crippen molar-refractivity contribution in [2.24, 2.45) is 0 Å². The molecule has 138 valence electrons. The summed E-state index contributed by atoms with van der Waals surface area (Å²) >= 11 is 0. The van der Waals surface area contributed by atoms with E-state index < -0.39 is 0 Å². The Kier molecular flexibility index (Phi) is 7.25. The fourth-order valence-electron chi connectivity index (χ4n) is 2.93. The summed E-state index contributed by atoms with van der Waals surface area (Å²) in [4.78, 5) is 26.2. The van der Waals surface area contributed by atoms with E-state index in [9.17, 15) is 9.59 Å². The van der Waals surface area contributed by atoms with E-state index in [-0.39, 0.29) is 18.0 Å². The van der Waals surface area contributed by atoms with E-state index in [1.165, 1.54) is 0 Å². The normalized spacial score (nSPS) is 16.5. The zero-order valence-corrected chi connectivity index (χ0v) is 15.4. The van der Waals surface area contributed by atoms with E-state index in [1.807, 2.05) is 39.0 Å². The topological polar surface area (TPSA) is 70.7 Å². The van der Waals surface area contributed by atoms with Crippen molar-refractivity contribution in [3.8, 4) is 0 Å². The fraction of sp³-hybridized carbons (Fsp3) is 0.579. The molecular weight excluding hydrogens is 318 g/mol. The molecule has 1 heterocycles. The molecule has 0 spiro atoms. The maximum absolute atomic E-state index is 12.6. The minimum absolute atomic E-state index is 0.0114. The molecular formula is C19H29N3O3. The molecule has 0 aliphatic carbocycles. The van der Waals surface area contributed by atoms with Crippen molar-refractivity contribution in [3.05, 3.63) is 23.8 Å². The molecule has 0 bridgehead atoms. The van der Waals surface area contributed by atoms with Gasteiger partial charge in [-0.2, -0.15) is 0 Å². The van der Waals surface area contributed by atoms with Crippen LogP contribution in [0.5, 0.6) is 0 Å². The Hall–Kier alpha value is -2.08. The van der Waals surface area contributed by atoms with Crippen molar-refractivity contribution < 1.29 is 14.3 Å². The number of nitrogens with zero attached hydrogens (tertiary/aromatic N) is 1. The number of amides is 3. The number of hydrogen-bond acceptors (Lipinski definition) is 3. The second kappa shape index (κ2) is 9.42. The monoisotopic (exact) mass is 347 g/mol. The Balaban J connectivity index is 2.02. The zero-order chi connectivity index (χ0) is 18.2. The first-order valence-corrected chi connectivity index (χ1v) is 9.12. The molecule has 25 heavy (non-hydrogen) atoms. The highest BCUT2D eigenvalue weighted by Gasteiger charge is 2.22. The molecule has 0 aromatic heterocycles. The van der Waals surface area contributed by atoms with Gasteiger partial charge in [-0.25, -0.2) is 4.79 Å². The summed E-state index contributed by atoms with van der Waals surface area (Å²) in [5.41, 5.74) is 2.30. The van der Waals surface area contributed by atoms with Gasteiger partial charge in [0.25, 0.3) is 0 Å². The summed E-state index contributed by atoms with van der Waals surface area (Å²) in [5, 5.41) is 5.86. The van der Waals surface area contributed by atoms with Gasteiger partial charge in [-0.1, -0.05) is 13.0 Å². The van der Waals surface area contributed by atoms with Gasteiger partial charge in [0.2, 0.25) is 5.91 Å². The predicted molar refractivity (Wildman–Crippen MR) is 100.0 cm³/mol. The van der Waals surface area contributed by atoms with Gasteiger partial charge in [0, 0.05) is 37.5 Å². The molecule has 1 fully saturated rings. The van der Waals surface area contributed by atoms with E-state index in [0.717, 1.165) is 37.1 Å². The van der Waals surface area contributed by atoms with Gasteiger partial charge in [0.1, 0.15) is 0 Å². The van der Waals surface area contributed by atoms with Crippen LogP contribution in [0.1, 0.15) is 45.1 Å². The van der Waals surface area contributed by atoms with Gasteiger partial charge < -0.3 is 20.3 Å². The molecule has 1 saturated heterocycles. The quantitative estimate of drug-likeness (QED) is 0.789. The highest BCUT2D eigenvalue weighted by atomic mass is 16.5. The van der Waals surface area contributed by atoms with Gasteiger partial charge in [0.05, 0.1) is 6.10 Å². The summed E-state index contributed by atoms with van der Waals surface area (Å²) in [7, 11) is 0. The second-order valence-electron chi connectivity index (χ2n) is 6.38. The first-order valence-electron chi connectivity index (χ1n) is 9.12. The van der Waals surface area contributed by atoms with E-state index in [1.54, 1.807) is 4.90 Å². The van der Waals surface area contributed by atoms with E-state index in [4.69, 9.17) is 4.74 Å². The third-order valence-corrected chi connectivity index (χ3v) is 4.44. The number of benzene rings is 1. The third kappa shape index (κ3) is 5.46. The Labute approximate surface area is 149 Å². The zero-order valence-electron chi connectivity index (χ0n) is 15.4. The molecule has 0 unspecified atom stereocenters. The van der Waals surface area contributed by atoms with Crippen LogP contribution >= 0.6 is 0 Å². The predicted octanol–water partition coefficient (Wildman–Crippen LogP) is 3.77. The van der Waals surface area contributed by atoms with Crippen LogP contribution in [0.15, 0.2) is 18.2 Å². The summed E-state index contributed by atoms with van der Waals surface area (Å²) < 4.78 is 5.63. The average molecular weight is 347 g/mol. The van der Waals surface area contributed by atoms with Crippen LogP contribution in [0.25, 0.3) is 0 Å². The van der Waals surface area contributed by atoms with Gasteiger partial charge in [0.15, 0.2) is 0 Å². The fourth-order valence-corrected chi connectivity index (χ4v) is 2.93. The molecule has 1 aromatic rings. The minimum Gasteiger partial charge on any atom is -0.376 e. The lowest BCUT2D eigenvalue weighted by Crippen LogP contribution is -2.40. The molecule has 3 amide bonds. The van der Waals surface area contributed by atoms with Gasteiger partial charge >= 0.3 is 6.03 Å². The number of nitrogens with one attached hydrogen (secondary N) is 2. The lowest BCUT2D eigenvalue weighted by molar-refractivity contribution is -0.116. The number of ether oxygens (including phenoxy) is 1.